The lowest BCUT2D eigenvalue weighted by Gasteiger charge is -2.18. The van der Waals surface area contributed by atoms with Crippen LogP contribution in [0.15, 0.2) is 23.2 Å². The molecule has 0 aliphatic rings. The number of carbonyl (C=O) groups is 1. The smallest absolute Gasteiger partial charge is 0.305 e. The molecule has 1 unspecified atom stereocenters. The van der Waals surface area contributed by atoms with Crippen molar-refractivity contribution < 1.29 is 13.9 Å². The number of nitrogens with zero attached hydrogens (tertiary/aromatic N) is 1. The van der Waals surface area contributed by atoms with E-state index in [1.807, 2.05) is 19.9 Å². The summed E-state index contributed by atoms with van der Waals surface area (Å²) in [6, 6.07) is 5.18. The maximum Gasteiger partial charge on any atom is 0.305 e. The van der Waals surface area contributed by atoms with Crippen molar-refractivity contribution in [1.29, 1.82) is 0 Å². The molecule has 1 aromatic carbocycles. The summed E-state index contributed by atoms with van der Waals surface area (Å²) in [5.74, 6) is 0.286. The molecule has 5 nitrogen and oxygen atoms in total. The number of aryl methyl sites for hydroxylation is 1. The van der Waals surface area contributed by atoms with Gasteiger partial charge in [0.05, 0.1) is 13.2 Å². The van der Waals surface area contributed by atoms with E-state index in [1.165, 1.54) is 7.11 Å². The largest absolute Gasteiger partial charge is 0.469 e. The van der Waals surface area contributed by atoms with Crippen LogP contribution < -0.4 is 10.6 Å². The van der Waals surface area contributed by atoms with Gasteiger partial charge in [-0.25, -0.2) is 4.39 Å². The Morgan fingerprint density at radius 1 is 1.36 bits per heavy atom. The van der Waals surface area contributed by atoms with E-state index in [1.54, 1.807) is 19.1 Å². The first-order valence-electron chi connectivity index (χ1n) is 8.35. The predicted octanol–water partition coefficient (Wildman–Crippen LogP) is 3.71. The van der Waals surface area contributed by atoms with Gasteiger partial charge in [-0.15, -0.1) is 24.0 Å². The van der Waals surface area contributed by atoms with E-state index in [0.717, 1.165) is 24.9 Å². The van der Waals surface area contributed by atoms with Crippen LogP contribution in [0.2, 0.25) is 0 Å². The molecule has 0 saturated heterocycles. The van der Waals surface area contributed by atoms with Crippen LogP contribution in [0.5, 0.6) is 0 Å². The SMILES string of the molecule is CCNC(=NCCCCC(=O)OC)NC(C)c1ccc(C)c(F)c1.I. The monoisotopic (exact) mass is 465 g/mol. The van der Waals surface area contributed by atoms with Gasteiger partial charge in [0.1, 0.15) is 5.82 Å². The number of hydrogen-bond donors (Lipinski definition) is 2. The van der Waals surface area contributed by atoms with Crippen LogP contribution in [0.25, 0.3) is 0 Å². The van der Waals surface area contributed by atoms with Gasteiger partial charge in [0.15, 0.2) is 5.96 Å². The number of guanidine groups is 1. The summed E-state index contributed by atoms with van der Waals surface area (Å²) in [4.78, 5) is 15.5. The van der Waals surface area contributed by atoms with E-state index in [-0.39, 0.29) is 41.8 Å². The molecule has 0 aromatic heterocycles. The molecular formula is C18H29FIN3O2. The number of rotatable bonds is 8. The van der Waals surface area contributed by atoms with Crippen LogP contribution in [-0.4, -0.2) is 32.1 Å². The number of aliphatic imine (C=N–C) groups is 1. The molecule has 1 aromatic rings. The number of halogens is 2. The normalized spacial score (nSPS) is 12.1. The van der Waals surface area contributed by atoms with Gasteiger partial charge in [-0.3, -0.25) is 9.79 Å². The number of ether oxygens (including phenoxy) is 1. The Bertz CT molecular complexity index is 567. The van der Waals surface area contributed by atoms with E-state index in [9.17, 15) is 9.18 Å². The summed E-state index contributed by atoms with van der Waals surface area (Å²) in [6.07, 6.45) is 1.96. The van der Waals surface area contributed by atoms with Gasteiger partial charge in [-0.05, 0) is 50.8 Å². The maximum atomic E-state index is 13.7. The number of carbonyl (C=O) groups excluding carboxylic acids is 1. The van der Waals surface area contributed by atoms with Crippen LogP contribution in [0.1, 0.15) is 50.3 Å². The molecule has 0 fully saturated rings. The number of hydrogen-bond acceptors (Lipinski definition) is 3. The van der Waals surface area contributed by atoms with Gasteiger partial charge in [0.2, 0.25) is 0 Å². The first-order valence-corrected chi connectivity index (χ1v) is 8.35. The Hall–Kier alpha value is -1.38. The van der Waals surface area contributed by atoms with Gasteiger partial charge >= 0.3 is 5.97 Å². The zero-order valence-corrected chi connectivity index (χ0v) is 17.7. The molecule has 0 spiro atoms. The van der Waals surface area contributed by atoms with Gasteiger partial charge in [0, 0.05) is 19.5 Å². The summed E-state index contributed by atoms with van der Waals surface area (Å²) in [5.41, 5.74) is 1.51. The average molecular weight is 465 g/mol. The molecule has 0 aliphatic heterocycles. The number of nitrogens with one attached hydrogen (secondary N) is 2. The van der Waals surface area contributed by atoms with Crippen LogP contribution >= 0.6 is 24.0 Å². The fourth-order valence-corrected chi connectivity index (χ4v) is 2.16. The highest BCUT2D eigenvalue weighted by Gasteiger charge is 2.09. The summed E-state index contributed by atoms with van der Waals surface area (Å²) in [5, 5.41) is 6.45. The highest BCUT2D eigenvalue weighted by atomic mass is 127. The van der Waals surface area contributed by atoms with E-state index >= 15 is 0 Å². The molecule has 7 heteroatoms. The molecule has 0 saturated carbocycles. The second-order valence-electron chi connectivity index (χ2n) is 5.67. The van der Waals surface area contributed by atoms with E-state index in [2.05, 4.69) is 20.4 Å². The Labute approximate surface area is 166 Å². The van der Waals surface area contributed by atoms with Crippen molar-refractivity contribution in [2.45, 2.75) is 46.1 Å². The lowest BCUT2D eigenvalue weighted by Crippen LogP contribution is -2.38. The third-order valence-corrected chi connectivity index (χ3v) is 3.68. The Kier molecular flexibility index (Phi) is 12.2. The fourth-order valence-electron chi connectivity index (χ4n) is 2.16. The zero-order chi connectivity index (χ0) is 17.9. The summed E-state index contributed by atoms with van der Waals surface area (Å²) < 4.78 is 18.3. The van der Waals surface area contributed by atoms with Crippen LogP contribution in [0, 0.1) is 12.7 Å². The number of esters is 1. The molecule has 0 amide bonds. The highest BCUT2D eigenvalue weighted by Crippen LogP contribution is 2.16. The number of unbranched alkanes of at least 4 members (excludes halogenated alkanes) is 1. The predicted molar refractivity (Wildman–Crippen MR) is 110 cm³/mol. The second kappa shape index (κ2) is 12.9. The quantitative estimate of drug-likeness (QED) is 0.202. The first kappa shape index (κ1) is 23.6. The van der Waals surface area contributed by atoms with Crippen molar-refractivity contribution >= 4 is 35.9 Å². The van der Waals surface area contributed by atoms with Crippen LogP contribution in [0.4, 0.5) is 4.39 Å². The van der Waals surface area contributed by atoms with Crippen molar-refractivity contribution in [3.63, 3.8) is 0 Å². The molecular weight excluding hydrogens is 436 g/mol. The van der Waals surface area contributed by atoms with E-state index in [4.69, 9.17) is 0 Å². The molecule has 0 radical (unpaired) electrons. The third-order valence-electron chi connectivity index (χ3n) is 3.68. The van der Waals surface area contributed by atoms with Gasteiger partial charge in [-0.1, -0.05) is 12.1 Å². The summed E-state index contributed by atoms with van der Waals surface area (Å²) >= 11 is 0. The highest BCUT2D eigenvalue weighted by molar-refractivity contribution is 14.0. The minimum Gasteiger partial charge on any atom is -0.469 e. The Morgan fingerprint density at radius 3 is 2.68 bits per heavy atom. The second-order valence-corrected chi connectivity index (χ2v) is 5.67. The van der Waals surface area contributed by atoms with Crippen molar-refractivity contribution in [2.75, 3.05) is 20.2 Å². The van der Waals surface area contributed by atoms with Crippen molar-refractivity contribution in [2.24, 2.45) is 4.99 Å². The molecule has 25 heavy (non-hydrogen) atoms. The average Bonchev–Trinajstić information content (AvgIpc) is 2.56. The van der Waals surface area contributed by atoms with Gasteiger partial charge in [0.25, 0.3) is 0 Å². The molecule has 1 rings (SSSR count). The van der Waals surface area contributed by atoms with Crippen molar-refractivity contribution in [1.82, 2.24) is 10.6 Å². The Balaban J connectivity index is 0.00000576. The zero-order valence-electron chi connectivity index (χ0n) is 15.4. The lowest BCUT2D eigenvalue weighted by atomic mass is 10.1. The van der Waals surface area contributed by atoms with Crippen molar-refractivity contribution in [3.8, 4) is 0 Å². The van der Waals surface area contributed by atoms with Crippen LogP contribution in [0.3, 0.4) is 0 Å². The molecule has 142 valence electrons. The van der Waals surface area contributed by atoms with Crippen LogP contribution in [-0.2, 0) is 9.53 Å². The lowest BCUT2D eigenvalue weighted by molar-refractivity contribution is -0.140. The van der Waals surface area contributed by atoms with Gasteiger partial charge < -0.3 is 15.4 Å². The molecule has 1 atom stereocenters. The van der Waals surface area contributed by atoms with Crippen molar-refractivity contribution in [3.05, 3.63) is 35.1 Å². The molecule has 0 aliphatic carbocycles. The molecule has 0 heterocycles. The van der Waals surface area contributed by atoms with Gasteiger partial charge in [-0.2, -0.15) is 0 Å². The summed E-state index contributed by atoms with van der Waals surface area (Å²) in [6.45, 7) is 7.06. The number of methoxy groups -OCH3 is 1. The molecule has 0 bridgehead atoms. The maximum absolute atomic E-state index is 13.7. The minimum absolute atomic E-state index is 0. The fraction of sp³-hybridized carbons (Fsp3) is 0.556. The van der Waals surface area contributed by atoms with E-state index in [0.29, 0.717) is 24.5 Å². The molecule has 2 N–H and O–H groups in total. The summed E-state index contributed by atoms with van der Waals surface area (Å²) in [7, 11) is 1.39. The Morgan fingerprint density at radius 2 is 2.08 bits per heavy atom. The minimum atomic E-state index is -0.203. The first-order chi connectivity index (χ1) is 11.5. The van der Waals surface area contributed by atoms with E-state index < -0.39 is 0 Å². The topological polar surface area (TPSA) is 62.7 Å². The third kappa shape index (κ3) is 9.04. The number of benzene rings is 1. The standard InChI is InChI=1S/C18H28FN3O2.HI/c1-5-20-18(21-11-7-6-8-17(23)24-4)22-14(3)15-10-9-13(2)16(19)12-15;/h9-10,12,14H,5-8,11H2,1-4H3,(H2,20,21,22);1H.